The maximum atomic E-state index is 10.9. The third-order valence-electron chi connectivity index (χ3n) is 12.3. The van der Waals surface area contributed by atoms with Crippen molar-refractivity contribution in [3.8, 4) is 44.8 Å². The van der Waals surface area contributed by atoms with Crippen molar-refractivity contribution >= 4 is 64.2 Å². The Morgan fingerprint density at radius 2 is 1.00 bits per heavy atom. The number of fused-ring (bicyclic) bond motifs is 3. The van der Waals surface area contributed by atoms with Crippen LogP contribution in [0, 0.1) is 0 Å². The van der Waals surface area contributed by atoms with Gasteiger partial charge < -0.3 is 29.4 Å². The highest BCUT2D eigenvalue weighted by molar-refractivity contribution is 6.67. The molecule has 62 heavy (non-hydrogen) atoms. The molecule has 0 spiro atoms. The molecular weight excluding hydrogens is 766 g/mol. The number of aromatic nitrogens is 1. The van der Waals surface area contributed by atoms with Crippen LogP contribution in [-0.4, -0.2) is 39.3 Å². The van der Waals surface area contributed by atoms with Gasteiger partial charge in [-0.2, -0.15) is 0 Å². The van der Waals surface area contributed by atoms with Crippen molar-refractivity contribution in [3.63, 3.8) is 0 Å². The molecule has 7 aromatic carbocycles. The normalized spacial score (nSPS) is 13.1. The van der Waals surface area contributed by atoms with Crippen LogP contribution in [0.15, 0.2) is 180 Å². The Balaban J connectivity index is 1.18. The summed E-state index contributed by atoms with van der Waals surface area (Å²) < 4.78 is 7.01. The lowest BCUT2D eigenvalue weighted by molar-refractivity contribution is 0.424. The smallest absolute Gasteiger partial charge is 0.453 e. The summed E-state index contributed by atoms with van der Waals surface area (Å²) in [5, 5.41) is 44.3. The topological polar surface area (TPSA) is 110 Å². The molecule has 0 unspecified atom stereocenters. The van der Waals surface area contributed by atoms with Gasteiger partial charge in [0.15, 0.2) is 5.58 Å². The van der Waals surface area contributed by atoms with Gasteiger partial charge in [0, 0.05) is 33.3 Å². The van der Waals surface area contributed by atoms with Crippen LogP contribution in [0.5, 0.6) is 0 Å². The Kier molecular flexibility index (Phi) is 10.8. The molecule has 0 atom stereocenters. The molecule has 1 saturated carbocycles. The predicted octanol–water partition coefficient (Wildman–Crippen LogP) is 10.5. The van der Waals surface area contributed by atoms with Gasteiger partial charge in [0.2, 0.25) is 0 Å². The average molecular weight is 811 g/mol. The molecule has 4 N–H and O–H groups in total. The van der Waals surface area contributed by atoms with Crippen LogP contribution in [-0.2, 0) is 0 Å². The molecule has 302 valence electrons. The van der Waals surface area contributed by atoms with Gasteiger partial charge in [-0.15, -0.1) is 0 Å². The zero-order valence-electron chi connectivity index (χ0n) is 34.1. The molecule has 0 amide bonds. The first kappa shape index (κ1) is 39.4. The van der Waals surface area contributed by atoms with Crippen LogP contribution in [0.3, 0.4) is 0 Å². The van der Waals surface area contributed by atoms with Gasteiger partial charge in [-0.05, 0) is 106 Å². The molecule has 1 aliphatic rings. The average Bonchev–Trinajstić information content (AvgIpc) is 3.73. The van der Waals surface area contributed by atoms with Crippen LogP contribution < -0.4 is 15.8 Å². The Bertz CT molecular complexity index is 2940. The number of nitrogens with zero attached hydrogens (tertiary/aromatic N) is 2. The molecule has 0 radical (unpaired) electrons. The quantitative estimate of drug-likeness (QED) is 0.102. The summed E-state index contributed by atoms with van der Waals surface area (Å²) >= 11 is 0. The van der Waals surface area contributed by atoms with Gasteiger partial charge in [-0.3, -0.25) is 0 Å². The molecule has 1 aliphatic carbocycles. The molecule has 2 heterocycles. The van der Waals surface area contributed by atoms with E-state index < -0.39 is 14.2 Å². The van der Waals surface area contributed by atoms with Crippen LogP contribution in [0.25, 0.3) is 66.7 Å². The van der Waals surface area contributed by atoms with Gasteiger partial charge in [0.1, 0.15) is 5.58 Å². The SMILES string of the molecule is OB(O)c1ccc(-c2cccc(-c3ccc(C4CCCCC4)cc3)n2)c2oc3c(N(c4cccc(-c5ccccc5)c4)c4cccc(-c5ccccc5)c4)ccc(B(O)O)c3c12. The number of hydrogen-bond acceptors (Lipinski definition) is 7. The number of furan rings is 1. The van der Waals surface area contributed by atoms with Crippen LogP contribution in [0.1, 0.15) is 43.6 Å². The summed E-state index contributed by atoms with van der Waals surface area (Å²) in [7, 11) is -3.78. The molecule has 9 heteroatoms. The Morgan fingerprint density at radius 3 is 1.60 bits per heavy atom. The summed E-state index contributed by atoms with van der Waals surface area (Å²) in [6, 6.07) is 58.4. The fraction of sp³-hybridized carbons (Fsp3) is 0.113. The van der Waals surface area contributed by atoms with Crippen molar-refractivity contribution in [1.29, 1.82) is 0 Å². The fourth-order valence-electron chi connectivity index (χ4n) is 9.27. The lowest BCUT2D eigenvalue weighted by atomic mass is 9.72. The van der Waals surface area contributed by atoms with Crippen molar-refractivity contribution in [2.24, 2.45) is 0 Å². The second-order valence-electron chi connectivity index (χ2n) is 16.2. The Hall–Kier alpha value is -6.74. The molecule has 7 nitrogen and oxygen atoms in total. The Labute approximate surface area is 361 Å². The molecule has 0 saturated heterocycles. The van der Waals surface area contributed by atoms with E-state index in [1.807, 2.05) is 84.9 Å². The van der Waals surface area contributed by atoms with Gasteiger partial charge >= 0.3 is 14.2 Å². The number of rotatable bonds is 10. The number of anilines is 3. The first-order valence-corrected chi connectivity index (χ1v) is 21.3. The third kappa shape index (κ3) is 7.50. The zero-order chi connectivity index (χ0) is 42.2. The van der Waals surface area contributed by atoms with Crippen molar-refractivity contribution < 1.29 is 24.5 Å². The lowest BCUT2D eigenvalue weighted by Gasteiger charge is -2.27. The van der Waals surface area contributed by atoms with Crippen molar-refractivity contribution in [2.75, 3.05) is 4.90 Å². The summed E-state index contributed by atoms with van der Waals surface area (Å²) in [5.74, 6) is 0.600. The maximum Gasteiger partial charge on any atom is 0.489 e. The molecule has 0 aliphatic heterocycles. The highest BCUT2D eigenvalue weighted by atomic mass is 16.4. The summed E-state index contributed by atoms with van der Waals surface area (Å²) in [4.78, 5) is 7.24. The van der Waals surface area contributed by atoms with Gasteiger partial charge in [0.25, 0.3) is 0 Å². The van der Waals surface area contributed by atoms with Crippen molar-refractivity contribution in [2.45, 2.75) is 38.0 Å². The van der Waals surface area contributed by atoms with Gasteiger partial charge in [-0.1, -0.05) is 147 Å². The van der Waals surface area contributed by atoms with Crippen LogP contribution in [0.2, 0.25) is 0 Å². The minimum atomic E-state index is -1.89. The Morgan fingerprint density at radius 1 is 0.468 bits per heavy atom. The van der Waals surface area contributed by atoms with Crippen molar-refractivity contribution in [3.05, 3.63) is 181 Å². The summed E-state index contributed by atoms with van der Waals surface area (Å²) in [5.41, 5.74) is 11.8. The predicted molar refractivity (Wildman–Crippen MR) is 253 cm³/mol. The minimum Gasteiger partial charge on any atom is -0.453 e. The summed E-state index contributed by atoms with van der Waals surface area (Å²) in [6.07, 6.45) is 6.33. The second kappa shape index (κ2) is 17.0. The number of benzene rings is 7. The highest BCUT2D eigenvalue weighted by Gasteiger charge is 2.30. The van der Waals surface area contributed by atoms with Crippen LogP contribution >= 0.6 is 0 Å². The van der Waals surface area contributed by atoms with E-state index in [1.54, 1.807) is 18.2 Å². The summed E-state index contributed by atoms with van der Waals surface area (Å²) in [6.45, 7) is 0. The maximum absolute atomic E-state index is 10.9. The third-order valence-corrected chi connectivity index (χ3v) is 12.3. The van der Waals surface area contributed by atoms with E-state index in [9.17, 15) is 20.1 Å². The largest absolute Gasteiger partial charge is 0.489 e. The van der Waals surface area contributed by atoms with E-state index in [-0.39, 0.29) is 10.9 Å². The van der Waals surface area contributed by atoms with E-state index in [2.05, 4.69) is 77.7 Å². The first-order valence-electron chi connectivity index (χ1n) is 21.3. The van der Waals surface area contributed by atoms with Crippen molar-refractivity contribution in [1.82, 2.24) is 4.98 Å². The van der Waals surface area contributed by atoms with Gasteiger partial charge in [0.05, 0.1) is 17.1 Å². The molecule has 10 rings (SSSR count). The van der Waals surface area contributed by atoms with E-state index in [4.69, 9.17) is 9.40 Å². The zero-order valence-corrected chi connectivity index (χ0v) is 34.1. The highest BCUT2D eigenvalue weighted by Crippen LogP contribution is 2.45. The monoisotopic (exact) mass is 810 g/mol. The first-order chi connectivity index (χ1) is 30.4. The van der Waals surface area contributed by atoms with E-state index in [1.165, 1.54) is 37.7 Å². The fourth-order valence-corrected chi connectivity index (χ4v) is 9.27. The molecule has 2 aromatic heterocycles. The number of hydrogen-bond donors (Lipinski definition) is 4. The van der Waals surface area contributed by atoms with E-state index in [0.717, 1.165) is 44.9 Å². The molecular formula is C53H44B2N2O5. The standard InChI is InChI=1S/C53H44B2N2O5/c58-54(59)45-30-29-44(48-24-12-23-47(56-48)39-27-25-38(26-28-39)35-13-4-1-5-14-35)52-50(45)51-46(55(60)61)31-32-49(53(51)62-52)57(42-21-10-19-40(33-42)36-15-6-2-7-16-36)43-22-11-20-41(34-43)37-17-8-3-9-18-37/h2-3,6-12,15-35,58-61H,1,4-5,13-14H2. The second-order valence-corrected chi connectivity index (χ2v) is 16.2. The van der Waals surface area contributed by atoms with E-state index >= 15 is 0 Å². The minimum absolute atomic E-state index is 0.164. The molecule has 9 aromatic rings. The van der Waals surface area contributed by atoms with Crippen LogP contribution in [0.4, 0.5) is 17.1 Å². The molecule has 1 fully saturated rings. The molecule has 0 bridgehead atoms. The number of pyridine rings is 1. The lowest BCUT2D eigenvalue weighted by Crippen LogP contribution is -2.33. The van der Waals surface area contributed by atoms with Gasteiger partial charge in [-0.25, -0.2) is 4.98 Å². The van der Waals surface area contributed by atoms with E-state index in [0.29, 0.717) is 44.8 Å².